The molecule has 1 aliphatic heterocycles. The Kier molecular flexibility index (Phi) is 6.47. The summed E-state index contributed by atoms with van der Waals surface area (Å²) in [5.74, 6) is -0.592. The lowest BCUT2D eigenvalue weighted by Gasteiger charge is -2.30. The van der Waals surface area contributed by atoms with Crippen molar-refractivity contribution in [2.75, 3.05) is 23.3 Å². The minimum Gasteiger partial charge on any atom is -0.371 e. The second kappa shape index (κ2) is 9.22. The molecule has 1 saturated heterocycles. The van der Waals surface area contributed by atoms with Gasteiger partial charge in [0.1, 0.15) is 11.6 Å². The quantitative estimate of drug-likeness (QED) is 0.331. The number of anilines is 2. The van der Waals surface area contributed by atoms with E-state index in [4.69, 9.17) is 11.6 Å². The molecule has 0 spiro atoms. The smallest absolute Gasteiger partial charge is 0.270 e. The van der Waals surface area contributed by atoms with E-state index in [1.165, 1.54) is 18.2 Å². The van der Waals surface area contributed by atoms with Crippen LogP contribution in [0.25, 0.3) is 6.08 Å². The number of carbonyl (C=O) groups is 1. The predicted octanol–water partition coefficient (Wildman–Crippen LogP) is 4.78. The van der Waals surface area contributed by atoms with Gasteiger partial charge in [-0.15, -0.1) is 0 Å². The summed E-state index contributed by atoms with van der Waals surface area (Å²) in [5.41, 5.74) is 1.52. The van der Waals surface area contributed by atoms with Crippen molar-refractivity contribution in [3.8, 4) is 6.07 Å². The Morgan fingerprint density at radius 3 is 2.48 bits per heavy atom. The summed E-state index contributed by atoms with van der Waals surface area (Å²) in [6, 6.07) is 12.9. The van der Waals surface area contributed by atoms with Crippen LogP contribution in [0.3, 0.4) is 0 Å². The number of halogens is 1. The van der Waals surface area contributed by atoms with Crippen molar-refractivity contribution < 1.29 is 9.72 Å². The van der Waals surface area contributed by atoms with Crippen molar-refractivity contribution in [2.24, 2.45) is 0 Å². The van der Waals surface area contributed by atoms with Gasteiger partial charge < -0.3 is 10.2 Å². The number of nitro benzene ring substituents is 1. The van der Waals surface area contributed by atoms with Gasteiger partial charge in [0, 0.05) is 47.2 Å². The molecule has 0 saturated carbocycles. The highest BCUT2D eigenvalue weighted by atomic mass is 35.5. The van der Waals surface area contributed by atoms with Crippen molar-refractivity contribution in [3.05, 3.63) is 68.7 Å². The largest absolute Gasteiger partial charge is 0.371 e. The molecule has 0 bridgehead atoms. The van der Waals surface area contributed by atoms with Gasteiger partial charge >= 0.3 is 0 Å². The molecule has 148 valence electrons. The summed E-state index contributed by atoms with van der Waals surface area (Å²) in [6.45, 7) is 1.66. The van der Waals surface area contributed by atoms with Crippen LogP contribution in [-0.2, 0) is 4.79 Å². The number of piperidine rings is 1. The third-order valence-electron chi connectivity index (χ3n) is 4.69. The second-order valence-corrected chi connectivity index (χ2v) is 7.12. The van der Waals surface area contributed by atoms with E-state index in [2.05, 4.69) is 10.2 Å². The molecule has 0 aromatic heterocycles. The highest BCUT2D eigenvalue weighted by Gasteiger charge is 2.19. The van der Waals surface area contributed by atoms with Gasteiger partial charge in [-0.2, -0.15) is 5.26 Å². The molecule has 1 N–H and O–H groups in total. The molecular weight excluding hydrogens is 392 g/mol. The van der Waals surface area contributed by atoms with Crippen LogP contribution < -0.4 is 10.2 Å². The minimum atomic E-state index is -0.592. The van der Waals surface area contributed by atoms with Gasteiger partial charge in [-0.1, -0.05) is 11.6 Å². The topological polar surface area (TPSA) is 99.3 Å². The fourth-order valence-electron chi connectivity index (χ4n) is 3.23. The molecule has 0 atom stereocenters. The number of non-ortho nitro benzene ring substituents is 1. The van der Waals surface area contributed by atoms with Crippen LogP contribution in [0, 0.1) is 21.4 Å². The molecule has 1 aliphatic rings. The Morgan fingerprint density at radius 1 is 1.17 bits per heavy atom. The van der Waals surface area contributed by atoms with E-state index in [1.807, 2.05) is 6.07 Å². The molecule has 0 unspecified atom stereocenters. The molecule has 2 aromatic carbocycles. The second-order valence-electron chi connectivity index (χ2n) is 6.68. The number of nitro groups is 1. The molecule has 3 rings (SSSR count). The number of hydrogen-bond donors (Lipinski definition) is 1. The number of amides is 1. The fourth-order valence-corrected chi connectivity index (χ4v) is 3.36. The summed E-state index contributed by atoms with van der Waals surface area (Å²) in [4.78, 5) is 25.4. The van der Waals surface area contributed by atoms with Crippen LogP contribution in [0.1, 0.15) is 24.8 Å². The first-order chi connectivity index (χ1) is 14.0. The van der Waals surface area contributed by atoms with Crippen molar-refractivity contribution in [1.82, 2.24) is 0 Å². The third-order valence-corrected chi connectivity index (χ3v) is 4.94. The van der Waals surface area contributed by atoms with Gasteiger partial charge in [0.15, 0.2) is 0 Å². The minimum absolute atomic E-state index is 0.0904. The summed E-state index contributed by atoms with van der Waals surface area (Å²) in [5, 5.41) is 23.9. The van der Waals surface area contributed by atoms with Crippen LogP contribution in [-0.4, -0.2) is 23.9 Å². The number of rotatable bonds is 5. The molecule has 2 aromatic rings. The molecule has 0 aliphatic carbocycles. The molecule has 7 nitrogen and oxygen atoms in total. The van der Waals surface area contributed by atoms with Gasteiger partial charge in [-0.3, -0.25) is 14.9 Å². The summed E-state index contributed by atoms with van der Waals surface area (Å²) in [6.07, 6.45) is 4.61. The number of nitrogens with zero attached hydrogens (tertiary/aromatic N) is 3. The van der Waals surface area contributed by atoms with Crippen LogP contribution >= 0.6 is 11.6 Å². The fraction of sp³-hybridized carbons (Fsp3) is 0.238. The van der Waals surface area contributed by atoms with E-state index in [9.17, 15) is 20.2 Å². The maximum Gasteiger partial charge on any atom is 0.270 e. The lowest BCUT2D eigenvalue weighted by molar-refractivity contribution is -0.384. The van der Waals surface area contributed by atoms with Crippen LogP contribution in [0.15, 0.2) is 48.0 Å². The first kappa shape index (κ1) is 20.4. The van der Waals surface area contributed by atoms with Crippen LogP contribution in [0.5, 0.6) is 0 Å². The molecule has 1 amide bonds. The van der Waals surface area contributed by atoms with Gasteiger partial charge in [-0.25, -0.2) is 0 Å². The zero-order valence-electron chi connectivity index (χ0n) is 15.6. The van der Waals surface area contributed by atoms with Crippen molar-refractivity contribution in [2.45, 2.75) is 19.3 Å². The molecule has 0 radical (unpaired) electrons. The van der Waals surface area contributed by atoms with Crippen molar-refractivity contribution in [1.29, 1.82) is 5.26 Å². The number of hydrogen-bond acceptors (Lipinski definition) is 5. The van der Waals surface area contributed by atoms with Crippen LogP contribution in [0.2, 0.25) is 5.02 Å². The zero-order valence-corrected chi connectivity index (χ0v) is 16.4. The highest BCUT2D eigenvalue weighted by Crippen LogP contribution is 2.30. The maximum absolute atomic E-state index is 12.6. The van der Waals surface area contributed by atoms with E-state index in [1.54, 1.807) is 30.3 Å². The zero-order chi connectivity index (χ0) is 20.8. The third kappa shape index (κ3) is 5.12. The molecule has 1 heterocycles. The lowest BCUT2D eigenvalue weighted by atomic mass is 10.0. The first-order valence-corrected chi connectivity index (χ1v) is 9.58. The van der Waals surface area contributed by atoms with E-state index in [-0.39, 0.29) is 11.3 Å². The standard InChI is InChI=1S/C21H19ClN4O3/c22-17-4-6-18(7-5-17)24-21(27)16(14-23)12-15-13-19(26(28)29)8-9-20(15)25-10-2-1-3-11-25/h4-9,12-13H,1-3,10-11H2,(H,24,27)/b16-12+. The van der Waals surface area contributed by atoms with Gasteiger partial charge in [0.25, 0.3) is 11.6 Å². The summed E-state index contributed by atoms with van der Waals surface area (Å²) >= 11 is 5.84. The van der Waals surface area contributed by atoms with E-state index < -0.39 is 10.8 Å². The van der Waals surface area contributed by atoms with Crippen molar-refractivity contribution >= 4 is 40.6 Å². The van der Waals surface area contributed by atoms with Crippen molar-refractivity contribution in [3.63, 3.8) is 0 Å². The SMILES string of the molecule is N#C/C(=C\c1cc([N+](=O)[O-])ccc1N1CCCCC1)C(=O)Nc1ccc(Cl)cc1. The Labute approximate surface area is 173 Å². The van der Waals surface area contributed by atoms with E-state index in [0.29, 0.717) is 16.3 Å². The number of carbonyl (C=O) groups excluding carboxylic acids is 1. The number of nitriles is 1. The Hall–Kier alpha value is -3.37. The van der Waals surface area contributed by atoms with Gasteiger partial charge in [0.2, 0.25) is 0 Å². The molecule has 29 heavy (non-hydrogen) atoms. The van der Waals surface area contributed by atoms with E-state index >= 15 is 0 Å². The van der Waals surface area contributed by atoms with Gasteiger partial charge in [-0.05, 0) is 55.7 Å². The maximum atomic E-state index is 12.6. The highest BCUT2D eigenvalue weighted by molar-refractivity contribution is 6.30. The Balaban J connectivity index is 1.94. The van der Waals surface area contributed by atoms with Gasteiger partial charge in [0.05, 0.1) is 4.92 Å². The number of nitrogens with one attached hydrogen (secondary N) is 1. The van der Waals surface area contributed by atoms with Crippen LogP contribution in [0.4, 0.5) is 17.1 Å². The first-order valence-electron chi connectivity index (χ1n) is 9.20. The van der Waals surface area contributed by atoms with E-state index in [0.717, 1.165) is 38.0 Å². The summed E-state index contributed by atoms with van der Waals surface area (Å²) < 4.78 is 0. The Morgan fingerprint density at radius 2 is 1.86 bits per heavy atom. The number of benzene rings is 2. The summed E-state index contributed by atoms with van der Waals surface area (Å²) in [7, 11) is 0. The monoisotopic (exact) mass is 410 g/mol. The predicted molar refractivity (Wildman–Crippen MR) is 113 cm³/mol. The molecular formula is C21H19ClN4O3. The average molecular weight is 411 g/mol. The normalized spacial score (nSPS) is 14.2. The lowest BCUT2D eigenvalue weighted by Crippen LogP contribution is -2.30. The average Bonchev–Trinajstić information content (AvgIpc) is 2.74. The molecule has 8 heteroatoms. The molecule has 1 fully saturated rings. The Bertz CT molecular complexity index is 990.